The fourth-order valence-electron chi connectivity index (χ4n) is 1.21. The summed E-state index contributed by atoms with van der Waals surface area (Å²) < 4.78 is 0. The van der Waals surface area contributed by atoms with Crippen LogP contribution in [-0.2, 0) is 11.3 Å². The minimum Gasteiger partial charge on any atom is -0.423 e. The topological polar surface area (TPSA) is 69.6 Å². The average Bonchev–Trinajstić information content (AvgIpc) is 2.27. The lowest BCUT2D eigenvalue weighted by molar-refractivity contribution is -0.120. The number of amides is 1. The summed E-state index contributed by atoms with van der Waals surface area (Å²) in [5.74, 6) is -0.0778. The van der Waals surface area contributed by atoms with E-state index in [1.807, 2.05) is 0 Å². The van der Waals surface area contributed by atoms with E-state index in [0.717, 1.165) is 0 Å². The molecule has 0 aliphatic carbocycles. The Bertz CT molecular complexity index is 384. The van der Waals surface area contributed by atoms with E-state index in [9.17, 15) is 4.79 Å². The molecule has 0 spiro atoms. The van der Waals surface area contributed by atoms with Crippen LogP contribution in [0.25, 0.3) is 0 Å². The van der Waals surface area contributed by atoms with Gasteiger partial charge in [0.05, 0.1) is 0 Å². The standard InChI is InChI=1S/C10H13BClNO3/c1-2-10(14)13-6-7-5-8(11(15)16)3-4-9(7)12/h3-5,15-16H,2,6H2,1H3,(H,13,14). The number of benzene rings is 1. The second-order valence-electron chi connectivity index (χ2n) is 3.35. The van der Waals surface area contributed by atoms with Crippen molar-refractivity contribution in [3.8, 4) is 0 Å². The Morgan fingerprint density at radius 2 is 2.19 bits per heavy atom. The van der Waals surface area contributed by atoms with E-state index in [1.54, 1.807) is 19.1 Å². The maximum absolute atomic E-state index is 11.1. The van der Waals surface area contributed by atoms with E-state index in [2.05, 4.69) is 5.32 Å². The van der Waals surface area contributed by atoms with Gasteiger partial charge in [-0.05, 0) is 17.1 Å². The number of carbonyl (C=O) groups is 1. The molecule has 0 aliphatic rings. The predicted octanol–water partition coefficient (Wildman–Crippen LogP) is 0.0460. The summed E-state index contributed by atoms with van der Waals surface area (Å²) in [7, 11) is -1.53. The molecule has 0 atom stereocenters. The summed E-state index contributed by atoms with van der Waals surface area (Å²) in [6.07, 6.45) is 0.403. The van der Waals surface area contributed by atoms with E-state index >= 15 is 0 Å². The van der Waals surface area contributed by atoms with Crippen molar-refractivity contribution in [2.45, 2.75) is 19.9 Å². The van der Waals surface area contributed by atoms with Crippen molar-refractivity contribution >= 4 is 30.1 Å². The number of hydrogen-bond acceptors (Lipinski definition) is 3. The molecule has 0 aromatic heterocycles. The Hall–Kier alpha value is -1.04. The van der Waals surface area contributed by atoms with E-state index in [-0.39, 0.29) is 12.5 Å². The number of rotatable bonds is 4. The monoisotopic (exact) mass is 241 g/mol. The molecule has 0 saturated carbocycles. The summed E-state index contributed by atoms with van der Waals surface area (Å²) in [5.41, 5.74) is 1.01. The van der Waals surface area contributed by atoms with E-state index in [1.165, 1.54) is 6.07 Å². The fourth-order valence-corrected chi connectivity index (χ4v) is 1.39. The molecule has 16 heavy (non-hydrogen) atoms. The van der Waals surface area contributed by atoms with Crippen molar-refractivity contribution in [3.05, 3.63) is 28.8 Å². The first kappa shape index (κ1) is 13.0. The highest BCUT2D eigenvalue weighted by atomic mass is 35.5. The van der Waals surface area contributed by atoms with Gasteiger partial charge in [-0.25, -0.2) is 0 Å². The summed E-state index contributed by atoms with van der Waals surface area (Å²) in [6, 6.07) is 4.66. The SMILES string of the molecule is CCC(=O)NCc1cc(B(O)O)ccc1Cl. The van der Waals surface area contributed by atoms with Crippen LogP contribution >= 0.6 is 11.6 Å². The number of hydrogen-bond donors (Lipinski definition) is 3. The van der Waals surface area contributed by atoms with Crippen LogP contribution in [0.15, 0.2) is 18.2 Å². The second kappa shape index (κ2) is 5.89. The fraction of sp³-hybridized carbons (Fsp3) is 0.300. The van der Waals surface area contributed by atoms with Crippen LogP contribution in [0.1, 0.15) is 18.9 Å². The van der Waals surface area contributed by atoms with E-state index < -0.39 is 7.12 Å². The lowest BCUT2D eigenvalue weighted by Gasteiger charge is -2.08. The van der Waals surface area contributed by atoms with Crippen molar-refractivity contribution in [2.24, 2.45) is 0 Å². The van der Waals surface area contributed by atoms with Crippen molar-refractivity contribution < 1.29 is 14.8 Å². The van der Waals surface area contributed by atoms with Gasteiger partial charge in [0.15, 0.2) is 0 Å². The molecule has 0 aliphatic heterocycles. The minimum atomic E-state index is -1.53. The van der Waals surface area contributed by atoms with Crippen LogP contribution in [0.2, 0.25) is 5.02 Å². The molecular formula is C10H13BClNO3. The molecule has 1 aromatic rings. The van der Waals surface area contributed by atoms with E-state index in [4.69, 9.17) is 21.6 Å². The van der Waals surface area contributed by atoms with Gasteiger partial charge in [-0.2, -0.15) is 0 Å². The van der Waals surface area contributed by atoms with Gasteiger partial charge < -0.3 is 15.4 Å². The van der Waals surface area contributed by atoms with Gasteiger partial charge in [-0.1, -0.05) is 30.7 Å². The molecular weight excluding hydrogens is 228 g/mol. The molecule has 0 radical (unpaired) electrons. The third-order valence-electron chi connectivity index (χ3n) is 2.17. The third-order valence-corrected chi connectivity index (χ3v) is 2.53. The van der Waals surface area contributed by atoms with Gasteiger partial charge in [0.25, 0.3) is 0 Å². The van der Waals surface area contributed by atoms with Gasteiger partial charge in [0.1, 0.15) is 0 Å². The van der Waals surface area contributed by atoms with Crippen molar-refractivity contribution in [3.63, 3.8) is 0 Å². The Balaban J connectivity index is 2.78. The van der Waals surface area contributed by atoms with Gasteiger partial charge in [-0.15, -0.1) is 0 Å². The van der Waals surface area contributed by atoms with E-state index in [0.29, 0.717) is 22.5 Å². The molecule has 86 valence electrons. The van der Waals surface area contributed by atoms with Gasteiger partial charge in [-0.3, -0.25) is 4.79 Å². The predicted molar refractivity (Wildman–Crippen MR) is 63.4 cm³/mol. The molecule has 3 N–H and O–H groups in total. The molecule has 0 unspecified atom stereocenters. The zero-order valence-corrected chi connectivity index (χ0v) is 9.66. The first-order valence-electron chi connectivity index (χ1n) is 4.95. The normalized spacial score (nSPS) is 10.0. The zero-order chi connectivity index (χ0) is 12.1. The molecule has 0 bridgehead atoms. The highest BCUT2D eigenvalue weighted by Crippen LogP contribution is 2.13. The lowest BCUT2D eigenvalue weighted by Crippen LogP contribution is -2.31. The first-order valence-corrected chi connectivity index (χ1v) is 5.33. The van der Waals surface area contributed by atoms with Gasteiger partial charge >= 0.3 is 7.12 Å². The quantitative estimate of drug-likeness (QED) is 0.652. The molecule has 1 aromatic carbocycles. The maximum atomic E-state index is 11.1. The van der Waals surface area contributed by atoms with Crippen LogP contribution in [0.4, 0.5) is 0 Å². The second-order valence-corrected chi connectivity index (χ2v) is 3.76. The number of nitrogens with one attached hydrogen (secondary N) is 1. The van der Waals surface area contributed by atoms with Crippen LogP contribution in [-0.4, -0.2) is 23.1 Å². The van der Waals surface area contributed by atoms with Crippen LogP contribution in [0.5, 0.6) is 0 Å². The van der Waals surface area contributed by atoms with Crippen molar-refractivity contribution in [1.29, 1.82) is 0 Å². The highest BCUT2D eigenvalue weighted by Gasteiger charge is 2.12. The molecule has 0 fully saturated rings. The molecule has 6 heteroatoms. The maximum Gasteiger partial charge on any atom is 0.488 e. The number of carbonyl (C=O) groups excluding carboxylic acids is 1. The van der Waals surface area contributed by atoms with Gasteiger partial charge in [0, 0.05) is 18.0 Å². The Labute approximate surface area is 99.4 Å². The zero-order valence-electron chi connectivity index (χ0n) is 8.90. The smallest absolute Gasteiger partial charge is 0.423 e. The van der Waals surface area contributed by atoms with Crippen LogP contribution < -0.4 is 10.8 Å². The Morgan fingerprint density at radius 1 is 1.50 bits per heavy atom. The number of halogens is 1. The summed E-state index contributed by atoms with van der Waals surface area (Å²) >= 11 is 5.91. The lowest BCUT2D eigenvalue weighted by atomic mass is 9.79. The Morgan fingerprint density at radius 3 is 2.75 bits per heavy atom. The summed E-state index contributed by atoms with van der Waals surface area (Å²) in [5, 5.41) is 21.1. The summed E-state index contributed by atoms with van der Waals surface area (Å²) in [6.45, 7) is 2.04. The first-order chi connectivity index (χ1) is 7.54. The largest absolute Gasteiger partial charge is 0.488 e. The Kier molecular flexibility index (Phi) is 4.80. The van der Waals surface area contributed by atoms with Crippen molar-refractivity contribution in [2.75, 3.05) is 0 Å². The molecule has 4 nitrogen and oxygen atoms in total. The van der Waals surface area contributed by atoms with Crippen LogP contribution in [0, 0.1) is 0 Å². The van der Waals surface area contributed by atoms with Gasteiger partial charge in [0.2, 0.25) is 5.91 Å². The minimum absolute atomic E-state index is 0.0778. The third kappa shape index (κ3) is 3.52. The highest BCUT2D eigenvalue weighted by molar-refractivity contribution is 6.58. The average molecular weight is 241 g/mol. The van der Waals surface area contributed by atoms with Crippen molar-refractivity contribution in [1.82, 2.24) is 5.32 Å². The molecule has 1 rings (SSSR count). The molecule has 0 saturated heterocycles. The molecule has 0 heterocycles. The van der Waals surface area contributed by atoms with Crippen LogP contribution in [0.3, 0.4) is 0 Å². The summed E-state index contributed by atoms with van der Waals surface area (Å²) in [4.78, 5) is 11.1. The molecule has 1 amide bonds.